The number of aliphatic imine (C=N–C) groups is 1. The lowest BCUT2D eigenvalue weighted by atomic mass is 9.99. The van der Waals surface area contributed by atoms with E-state index in [0.29, 0.717) is 13.0 Å². The summed E-state index contributed by atoms with van der Waals surface area (Å²) in [6, 6.07) is 14.5. The zero-order valence-corrected chi connectivity index (χ0v) is 21.8. The van der Waals surface area contributed by atoms with Crippen LogP contribution in [0.1, 0.15) is 22.3 Å². The lowest BCUT2D eigenvalue weighted by molar-refractivity contribution is 0.313. The number of likely N-dealkylation sites (N-methyl/N-ethyl adjacent to an activating group) is 1. The fourth-order valence-corrected chi connectivity index (χ4v) is 6.19. The van der Waals surface area contributed by atoms with Gasteiger partial charge in [0.2, 0.25) is 0 Å². The monoisotopic (exact) mass is 498 g/mol. The Morgan fingerprint density at radius 2 is 1.81 bits per heavy atom. The molecule has 0 unspecified atom stereocenters. The van der Waals surface area contributed by atoms with Gasteiger partial charge in [-0.15, -0.1) is 11.3 Å². The molecule has 0 bridgehead atoms. The highest BCUT2D eigenvalue weighted by Gasteiger charge is 2.25. The van der Waals surface area contributed by atoms with Crippen LogP contribution in [0.2, 0.25) is 0 Å². The maximum Gasteiger partial charge on any atom is 0.260 e. The van der Waals surface area contributed by atoms with Crippen molar-refractivity contribution in [1.82, 2.24) is 9.47 Å². The molecule has 4 aromatic rings. The molecule has 0 aliphatic carbocycles. The Morgan fingerprint density at radius 1 is 1.03 bits per heavy atom. The van der Waals surface area contributed by atoms with Crippen LogP contribution in [0.15, 0.2) is 63.0 Å². The number of benzene rings is 2. The first-order valence-corrected chi connectivity index (χ1v) is 13.3. The van der Waals surface area contributed by atoms with Crippen LogP contribution in [0.3, 0.4) is 0 Å². The molecule has 2 aromatic carbocycles. The van der Waals surface area contributed by atoms with E-state index in [1.165, 1.54) is 11.3 Å². The van der Waals surface area contributed by atoms with Gasteiger partial charge in [0.05, 0.1) is 36.1 Å². The number of aryl methyl sites for hydroxylation is 1. The number of methoxy groups -OCH3 is 1. The Morgan fingerprint density at radius 3 is 2.56 bits per heavy atom. The molecule has 0 radical (unpaired) electrons. The van der Waals surface area contributed by atoms with Gasteiger partial charge in [-0.05, 0) is 54.9 Å². The van der Waals surface area contributed by atoms with Gasteiger partial charge in [0.25, 0.3) is 5.56 Å². The van der Waals surface area contributed by atoms with Crippen LogP contribution < -0.4 is 15.2 Å². The van der Waals surface area contributed by atoms with E-state index < -0.39 is 0 Å². The van der Waals surface area contributed by atoms with Gasteiger partial charge in [-0.2, -0.15) is 0 Å². The number of ether oxygens (including phenoxy) is 1. The molecular formula is C29H30N4O2S. The van der Waals surface area contributed by atoms with Crippen LogP contribution in [0.4, 0.5) is 11.4 Å². The van der Waals surface area contributed by atoms with Gasteiger partial charge in [0.1, 0.15) is 5.75 Å². The van der Waals surface area contributed by atoms with Crippen molar-refractivity contribution in [2.75, 3.05) is 45.2 Å². The number of hydrogen-bond acceptors (Lipinski definition) is 6. The van der Waals surface area contributed by atoms with Crippen molar-refractivity contribution in [2.45, 2.75) is 19.9 Å². The molecule has 0 saturated carbocycles. The van der Waals surface area contributed by atoms with E-state index in [4.69, 9.17) is 9.73 Å². The van der Waals surface area contributed by atoms with Crippen molar-refractivity contribution in [1.29, 1.82) is 0 Å². The third kappa shape index (κ3) is 4.02. The second kappa shape index (κ2) is 9.22. The summed E-state index contributed by atoms with van der Waals surface area (Å²) >= 11 is 1.63. The van der Waals surface area contributed by atoms with Crippen LogP contribution in [-0.4, -0.2) is 55.5 Å². The number of piperazine rings is 1. The molecule has 2 aromatic heterocycles. The quantitative estimate of drug-likeness (QED) is 0.395. The average Bonchev–Trinajstić information content (AvgIpc) is 3.55. The van der Waals surface area contributed by atoms with Gasteiger partial charge in [0, 0.05) is 54.4 Å². The number of aromatic nitrogens is 1. The van der Waals surface area contributed by atoms with Crippen LogP contribution in [0, 0.1) is 6.92 Å². The van der Waals surface area contributed by atoms with E-state index in [0.717, 1.165) is 70.9 Å². The summed E-state index contributed by atoms with van der Waals surface area (Å²) < 4.78 is 7.20. The Bertz CT molecular complexity index is 1530. The van der Waals surface area contributed by atoms with Gasteiger partial charge < -0.3 is 19.1 Å². The van der Waals surface area contributed by atoms with Crippen molar-refractivity contribution in [2.24, 2.45) is 4.99 Å². The van der Waals surface area contributed by atoms with Gasteiger partial charge in [0.15, 0.2) is 0 Å². The third-order valence-electron chi connectivity index (χ3n) is 7.51. The zero-order valence-electron chi connectivity index (χ0n) is 21.0. The van der Waals surface area contributed by atoms with Crippen molar-refractivity contribution in [3.05, 3.63) is 85.8 Å². The largest absolute Gasteiger partial charge is 0.497 e. The second-order valence-electron chi connectivity index (χ2n) is 9.75. The standard InChI is InChI=1S/C29H30N4O2S/c1-19-24-17-36-18-27(24)33(16-20-4-8-23(35-3)9-5-20)29(34)28(19)26-14-21-6-7-22(15-25(21)30-26)32-12-10-31(2)11-13-32/h4-9,15,17-18H,10-14,16H2,1-3H3. The molecule has 0 spiro atoms. The zero-order chi connectivity index (χ0) is 24.8. The van der Waals surface area contributed by atoms with Crippen molar-refractivity contribution >= 4 is 39.3 Å². The number of nitrogens with zero attached hydrogens (tertiary/aromatic N) is 4. The van der Waals surface area contributed by atoms with E-state index in [-0.39, 0.29) is 5.56 Å². The fraction of sp³-hybridized carbons (Fsp3) is 0.310. The minimum atomic E-state index is 0.0278. The summed E-state index contributed by atoms with van der Waals surface area (Å²) in [6.45, 7) is 6.76. The van der Waals surface area contributed by atoms with Crippen LogP contribution >= 0.6 is 11.3 Å². The normalized spacial score (nSPS) is 15.9. The Hall–Kier alpha value is -3.42. The van der Waals surface area contributed by atoms with E-state index in [1.807, 2.05) is 28.8 Å². The molecule has 0 atom stereocenters. The summed E-state index contributed by atoms with van der Waals surface area (Å²) in [7, 11) is 3.83. The number of anilines is 1. The average molecular weight is 499 g/mol. The summed E-state index contributed by atoms with van der Waals surface area (Å²) in [5.74, 6) is 0.811. The second-order valence-corrected chi connectivity index (χ2v) is 10.5. The topological polar surface area (TPSA) is 50.1 Å². The molecule has 1 fully saturated rings. The highest BCUT2D eigenvalue weighted by atomic mass is 32.1. The first-order chi connectivity index (χ1) is 17.5. The van der Waals surface area contributed by atoms with Crippen LogP contribution in [-0.2, 0) is 13.0 Å². The number of fused-ring (bicyclic) bond motifs is 2. The van der Waals surface area contributed by atoms with Gasteiger partial charge >= 0.3 is 0 Å². The molecule has 1 saturated heterocycles. The third-order valence-corrected chi connectivity index (χ3v) is 8.24. The maximum absolute atomic E-state index is 14.0. The Kier molecular flexibility index (Phi) is 5.90. The van der Waals surface area contributed by atoms with Gasteiger partial charge in [-0.25, -0.2) is 0 Å². The van der Waals surface area contributed by atoms with E-state index >= 15 is 0 Å². The van der Waals surface area contributed by atoms with E-state index in [2.05, 4.69) is 52.7 Å². The van der Waals surface area contributed by atoms with Crippen molar-refractivity contribution in [3.8, 4) is 5.75 Å². The molecule has 2 aliphatic heterocycles. The first kappa shape index (κ1) is 23.0. The summed E-state index contributed by atoms with van der Waals surface area (Å²) in [5, 5.41) is 5.34. The molecule has 6 nitrogen and oxygen atoms in total. The highest BCUT2D eigenvalue weighted by Crippen LogP contribution is 2.34. The van der Waals surface area contributed by atoms with Crippen molar-refractivity contribution < 1.29 is 4.74 Å². The molecule has 36 heavy (non-hydrogen) atoms. The fourth-order valence-electron chi connectivity index (χ4n) is 5.31. The summed E-state index contributed by atoms with van der Waals surface area (Å²) in [5.41, 5.74) is 8.11. The molecule has 184 valence electrons. The number of rotatable bonds is 5. The van der Waals surface area contributed by atoms with Crippen molar-refractivity contribution in [3.63, 3.8) is 0 Å². The number of hydrogen-bond donors (Lipinski definition) is 0. The summed E-state index contributed by atoms with van der Waals surface area (Å²) in [6.07, 6.45) is 0.687. The molecule has 2 aliphatic rings. The minimum Gasteiger partial charge on any atom is -0.497 e. The molecule has 4 heterocycles. The Labute approximate surface area is 215 Å². The highest BCUT2D eigenvalue weighted by molar-refractivity contribution is 7.09. The van der Waals surface area contributed by atoms with Crippen LogP contribution in [0.25, 0.3) is 10.9 Å². The number of thiophene rings is 1. The SMILES string of the molecule is COc1ccc(Cn2c(=O)c(C3=Nc4cc(N5CCN(C)CC5)ccc4C3)c(C)c3cscc32)cc1. The van der Waals surface area contributed by atoms with E-state index in [1.54, 1.807) is 18.4 Å². The minimum absolute atomic E-state index is 0.0278. The van der Waals surface area contributed by atoms with Gasteiger partial charge in [-0.1, -0.05) is 18.2 Å². The lowest BCUT2D eigenvalue weighted by Crippen LogP contribution is -2.44. The smallest absolute Gasteiger partial charge is 0.260 e. The molecular weight excluding hydrogens is 468 g/mol. The lowest BCUT2D eigenvalue weighted by Gasteiger charge is -2.34. The molecule has 6 rings (SSSR count). The number of pyridine rings is 1. The summed E-state index contributed by atoms with van der Waals surface area (Å²) in [4.78, 5) is 23.8. The maximum atomic E-state index is 14.0. The predicted molar refractivity (Wildman–Crippen MR) is 149 cm³/mol. The van der Waals surface area contributed by atoms with Gasteiger partial charge in [-0.3, -0.25) is 9.79 Å². The molecule has 0 N–H and O–H groups in total. The Balaban J connectivity index is 1.38. The molecule has 0 amide bonds. The first-order valence-electron chi connectivity index (χ1n) is 12.4. The molecule has 7 heteroatoms. The van der Waals surface area contributed by atoms with Crippen LogP contribution in [0.5, 0.6) is 5.75 Å². The predicted octanol–water partition coefficient (Wildman–Crippen LogP) is 4.86. The van der Waals surface area contributed by atoms with E-state index in [9.17, 15) is 4.79 Å².